The summed E-state index contributed by atoms with van der Waals surface area (Å²) in [5.41, 5.74) is 7.61. The van der Waals surface area contributed by atoms with Crippen molar-refractivity contribution in [2.75, 3.05) is 6.61 Å². The summed E-state index contributed by atoms with van der Waals surface area (Å²) in [6.07, 6.45) is 1.93. The Morgan fingerprint density at radius 1 is 1.77 bits per heavy atom. The number of hydrogen-bond acceptors (Lipinski definition) is 4. The Morgan fingerprint density at radius 3 is 3.23 bits per heavy atom. The van der Waals surface area contributed by atoms with Gasteiger partial charge in [0.25, 0.3) is 0 Å². The van der Waals surface area contributed by atoms with Crippen LogP contribution in [0.2, 0.25) is 0 Å². The van der Waals surface area contributed by atoms with Crippen LogP contribution in [0.25, 0.3) is 4.96 Å². The molecule has 13 heavy (non-hydrogen) atoms. The quantitative estimate of drug-likeness (QED) is 0.744. The molecule has 0 saturated heterocycles. The normalized spacial score (nSPS) is 13.8. The fraction of sp³-hybridized carbons (Fsp3) is 0.375. The van der Waals surface area contributed by atoms with Gasteiger partial charge in [0.05, 0.1) is 24.0 Å². The summed E-state index contributed by atoms with van der Waals surface area (Å²) < 4.78 is 1.93. The number of nitrogens with two attached hydrogens (primary N) is 1. The van der Waals surface area contributed by atoms with Crippen LogP contribution in [0.3, 0.4) is 0 Å². The summed E-state index contributed by atoms with van der Waals surface area (Å²) in [7, 11) is 0. The van der Waals surface area contributed by atoms with Crippen LogP contribution >= 0.6 is 11.3 Å². The van der Waals surface area contributed by atoms with Gasteiger partial charge in [-0.15, -0.1) is 11.3 Å². The molecule has 3 N–H and O–H groups in total. The Kier molecular flexibility index (Phi) is 2.07. The highest BCUT2D eigenvalue weighted by atomic mass is 32.1. The Morgan fingerprint density at radius 2 is 2.54 bits per heavy atom. The second-order valence-electron chi connectivity index (χ2n) is 2.98. The number of thiazole rings is 1. The van der Waals surface area contributed by atoms with Crippen molar-refractivity contribution >= 4 is 16.3 Å². The number of aromatic nitrogens is 2. The van der Waals surface area contributed by atoms with Crippen molar-refractivity contribution in [3.8, 4) is 0 Å². The van der Waals surface area contributed by atoms with Crippen molar-refractivity contribution in [2.24, 2.45) is 5.73 Å². The van der Waals surface area contributed by atoms with Crippen molar-refractivity contribution < 1.29 is 5.11 Å². The standard InChI is InChI=1S/C8H11N3OS/c1-5-2-11-7(6(9)3-12)4-13-8(11)10-5/h2,4,6,12H,3,9H2,1H3. The molecule has 0 aliphatic heterocycles. The van der Waals surface area contributed by atoms with Gasteiger partial charge in [0, 0.05) is 11.6 Å². The molecular formula is C8H11N3OS. The van der Waals surface area contributed by atoms with Gasteiger partial charge in [0.15, 0.2) is 4.96 Å². The molecule has 0 aliphatic rings. The molecule has 0 bridgehead atoms. The van der Waals surface area contributed by atoms with E-state index < -0.39 is 0 Å². The topological polar surface area (TPSA) is 63.5 Å². The van der Waals surface area contributed by atoms with E-state index in [4.69, 9.17) is 10.8 Å². The first-order valence-electron chi connectivity index (χ1n) is 4.02. The maximum absolute atomic E-state index is 8.92. The highest BCUT2D eigenvalue weighted by molar-refractivity contribution is 7.15. The van der Waals surface area contributed by atoms with E-state index in [1.165, 1.54) is 11.3 Å². The zero-order valence-corrected chi connectivity index (χ0v) is 8.08. The first-order chi connectivity index (χ1) is 6.22. The van der Waals surface area contributed by atoms with Crippen molar-refractivity contribution in [1.82, 2.24) is 9.38 Å². The molecule has 2 aromatic heterocycles. The number of hydrogen-bond donors (Lipinski definition) is 2. The Balaban J connectivity index is 2.55. The van der Waals surface area contributed by atoms with E-state index in [0.717, 1.165) is 16.3 Å². The highest BCUT2D eigenvalue weighted by Crippen LogP contribution is 2.20. The maximum Gasteiger partial charge on any atom is 0.194 e. The van der Waals surface area contributed by atoms with Gasteiger partial charge in [-0.1, -0.05) is 0 Å². The summed E-state index contributed by atoms with van der Waals surface area (Å²) in [6, 6.07) is -0.317. The monoisotopic (exact) mass is 197 g/mol. The first-order valence-corrected chi connectivity index (χ1v) is 4.90. The lowest BCUT2D eigenvalue weighted by Crippen LogP contribution is -2.16. The second kappa shape index (κ2) is 3.10. The minimum absolute atomic E-state index is 0.0386. The molecule has 1 atom stereocenters. The van der Waals surface area contributed by atoms with Gasteiger partial charge in [-0.2, -0.15) is 0 Å². The number of imidazole rings is 1. The third-order valence-electron chi connectivity index (χ3n) is 1.93. The molecule has 0 aliphatic carbocycles. The van der Waals surface area contributed by atoms with Gasteiger partial charge in [0.1, 0.15) is 0 Å². The fourth-order valence-electron chi connectivity index (χ4n) is 1.27. The average molecular weight is 197 g/mol. The number of nitrogens with zero attached hydrogens (tertiary/aromatic N) is 2. The summed E-state index contributed by atoms with van der Waals surface area (Å²) in [4.78, 5) is 5.22. The Labute approximate surface area is 79.6 Å². The fourth-order valence-corrected chi connectivity index (χ4v) is 2.26. The number of aryl methyl sites for hydroxylation is 1. The van der Waals surface area contributed by atoms with Gasteiger partial charge in [0.2, 0.25) is 0 Å². The van der Waals surface area contributed by atoms with Crippen molar-refractivity contribution in [1.29, 1.82) is 0 Å². The SMILES string of the molecule is Cc1cn2c(C(N)CO)csc2n1. The number of rotatable bonds is 2. The van der Waals surface area contributed by atoms with Gasteiger partial charge in [-0.25, -0.2) is 4.98 Å². The summed E-state index contributed by atoms with van der Waals surface area (Å²) in [5, 5.41) is 10.9. The van der Waals surface area contributed by atoms with E-state index in [1.54, 1.807) is 0 Å². The van der Waals surface area contributed by atoms with E-state index in [2.05, 4.69) is 4.98 Å². The van der Waals surface area contributed by atoms with Crippen LogP contribution in [-0.4, -0.2) is 21.1 Å². The number of fused-ring (bicyclic) bond motifs is 1. The summed E-state index contributed by atoms with van der Waals surface area (Å²) >= 11 is 1.54. The molecule has 0 amide bonds. The molecule has 1 unspecified atom stereocenters. The molecule has 0 spiro atoms. The molecular weight excluding hydrogens is 186 g/mol. The van der Waals surface area contributed by atoms with Crippen LogP contribution in [0.5, 0.6) is 0 Å². The molecule has 0 radical (unpaired) electrons. The lowest BCUT2D eigenvalue weighted by Gasteiger charge is -2.05. The molecule has 2 heterocycles. The lowest BCUT2D eigenvalue weighted by molar-refractivity contribution is 0.265. The molecule has 0 fully saturated rings. The van der Waals surface area contributed by atoms with Crippen molar-refractivity contribution in [2.45, 2.75) is 13.0 Å². The minimum Gasteiger partial charge on any atom is -0.394 e. The smallest absolute Gasteiger partial charge is 0.194 e. The summed E-state index contributed by atoms with van der Waals surface area (Å²) in [5.74, 6) is 0. The number of aliphatic hydroxyl groups is 1. The third kappa shape index (κ3) is 1.35. The van der Waals surface area contributed by atoms with E-state index >= 15 is 0 Å². The van der Waals surface area contributed by atoms with Crippen LogP contribution in [0.4, 0.5) is 0 Å². The van der Waals surface area contributed by atoms with Gasteiger partial charge < -0.3 is 10.8 Å². The van der Waals surface area contributed by atoms with Crippen molar-refractivity contribution in [3.05, 3.63) is 23.0 Å². The first kappa shape index (κ1) is 8.68. The predicted molar refractivity (Wildman–Crippen MR) is 51.8 cm³/mol. The van der Waals surface area contributed by atoms with Crippen LogP contribution in [0.1, 0.15) is 17.4 Å². The van der Waals surface area contributed by atoms with Crippen LogP contribution in [0, 0.1) is 6.92 Å². The summed E-state index contributed by atoms with van der Waals surface area (Å²) in [6.45, 7) is 1.90. The third-order valence-corrected chi connectivity index (χ3v) is 2.79. The van der Waals surface area contributed by atoms with Gasteiger partial charge in [-0.3, -0.25) is 4.40 Å². The average Bonchev–Trinajstić information content (AvgIpc) is 2.61. The highest BCUT2D eigenvalue weighted by Gasteiger charge is 2.11. The van der Waals surface area contributed by atoms with Crippen LogP contribution < -0.4 is 5.73 Å². The zero-order valence-electron chi connectivity index (χ0n) is 7.27. The molecule has 70 valence electrons. The lowest BCUT2D eigenvalue weighted by atomic mass is 10.2. The van der Waals surface area contributed by atoms with Crippen LogP contribution in [-0.2, 0) is 0 Å². The van der Waals surface area contributed by atoms with E-state index in [-0.39, 0.29) is 12.6 Å². The Hall–Kier alpha value is -0.910. The maximum atomic E-state index is 8.92. The van der Waals surface area contributed by atoms with Crippen molar-refractivity contribution in [3.63, 3.8) is 0 Å². The zero-order chi connectivity index (χ0) is 9.42. The van der Waals surface area contributed by atoms with Crippen LogP contribution in [0.15, 0.2) is 11.6 Å². The molecule has 2 rings (SSSR count). The molecule has 0 saturated carbocycles. The van der Waals surface area contributed by atoms with Gasteiger partial charge in [-0.05, 0) is 6.92 Å². The van der Waals surface area contributed by atoms with Gasteiger partial charge >= 0.3 is 0 Å². The molecule has 2 aromatic rings. The number of aliphatic hydroxyl groups excluding tert-OH is 1. The largest absolute Gasteiger partial charge is 0.394 e. The minimum atomic E-state index is -0.317. The van der Waals surface area contributed by atoms with E-state index in [9.17, 15) is 0 Å². The predicted octanol–water partition coefficient (Wildman–Crippen LogP) is 0.696. The van der Waals surface area contributed by atoms with E-state index in [1.807, 2.05) is 22.9 Å². The molecule has 4 nitrogen and oxygen atoms in total. The Bertz CT molecular complexity index is 420. The molecule has 0 aromatic carbocycles. The molecule has 5 heteroatoms. The van der Waals surface area contributed by atoms with E-state index in [0.29, 0.717) is 0 Å². The second-order valence-corrected chi connectivity index (χ2v) is 3.82.